The molecule has 2 nitrogen and oxygen atoms in total. The van der Waals surface area contributed by atoms with E-state index in [2.05, 4.69) is 18.8 Å². The average molecular weight is 365 g/mol. The number of carboxylic acid groups (broad SMARTS) is 1. The van der Waals surface area contributed by atoms with Crippen LogP contribution >= 0.6 is 0 Å². The molecule has 0 atom stereocenters. The summed E-state index contributed by atoms with van der Waals surface area (Å²) >= 11 is 0. The third-order valence-corrected chi connectivity index (χ3v) is 4.97. The summed E-state index contributed by atoms with van der Waals surface area (Å²) in [5, 5.41) is 8.54. The van der Waals surface area contributed by atoms with Gasteiger partial charge in [0.05, 0.1) is 0 Å². The van der Waals surface area contributed by atoms with Crippen molar-refractivity contribution in [2.24, 2.45) is 0 Å². The van der Waals surface area contributed by atoms with Crippen molar-refractivity contribution in [1.29, 1.82) is 0 Å². The lowest BCUT2D eigenvalue weighted by Gasteiger charge is -2.03. The fraction of sp³-hybridized carbons (Fsp3) is 0.875. The highest BCUT2D eigenvalue weighted by molar-refractivity contribution is 5.66. The van der Waals surface area contributed by atoms with Gasteiger partial charge in [-0.15, -0.1) is 11.8 Å². The molecule has 0 heterocycles. The molecular weight excluding hydrogens is 320 g/mol. The zero-order chi connectivity index (χ0) is 19.1. The molecule has 2 heteroatoms. The van der Waals surface area contributed by atoms with Gasteiger partial charge in [-0.2, -0.15) is 0 Å². The predicted molar refractivity (Wildman–Crippen MR) is 113 cm³/mol. The van der Waals surface area contributed by atoms with Gasteiger partial charge in [-0.1, -0.05) is 96.8 Å². The van der Waals surface area contributed by atoms with Crippen LogP contribution in [0.4, 0.5) is 0 Å². The number of carbonyl (C=O) groups is 1. The molecule has 0 saturated carbocycles. The van der Waals surface area contributed by atoms with Crippen molar-refractivity contribution < 1.29 is 9.90 Å². The monoisotopic (exact) mass is 364 g/mol. The van der Waals surface area contributed by atoms with Crippen LogP contribution in [-0.2, 0) is 4.79 Å². The summed E-state index contributed by atoms with van der Waals surface area (Å²) in [6.45, 7) is 2.28. The highest BCUT2D eigenvalue weighted by Crippen LogP contribution is 2.13. The topological polar surface area (TPSA) is 37.3 Å². The van der Waals surface area contributed by atoms with Crippen molar-refractivity contribution in [3.05, 3.63) is 0 Å². The number of hydrogen-bond donors (Lipinski definition) is 1. The number of rotatable bonds is 19. The molecule has 0 radical (unpaired) electrons. The Balaban J connectivity index is 3.08. The maximum atomic E-state index is 10.4. The van der Waals surface area contributed by atoms with Gasteiger partial charge in [-0.05, 0) is 19.3 Å². The molecule has 0 aromatic carbocycles. The van der Waals surface area contributed by atoms with Gasteiger partial charge in [0, 0.05) is 19.3 Å². The van der Waals surface area contributed by atoms with Crippen molar-refractivity contribution in [2.45, 2.75) is 135 Å². The van der Waals surface area contributed by atoms with Crippen molar-refractivity contribution in [3.63, 3.8) is 0 Å². The summed E-state index contributed by atoms with van der Waals surface area (Å²) in [4.78, 5) is 10.4. The van der Waals surface area contributed by atoms with Gasteiger partial charge < -0.3 is 5.11 Å². The second-order valence-electron chi connectivity index (χ2n) is 7.65. The SMILES string of the molecule is CCCCCCCCCCCCCCCCCC#CCCCCC(=O)O. The molecule has 0 amide bonds. The highest BCUT2D eigenvalue weighted by atomic mass is 16.4. The summed E-state index contributed by atoms with van der Waals surface area (Å²) < 4.78 is 0. The zero-order valence-corrected chi connectivity index (χ0v) is 17.5. The Morgan fingerprint density at radius 1 is 0.577 bits per heavy atom. The van der Waals surface area contributed by atoms with E-state index in [0.29, 0.717) is 0 Å². The lowest BCUT2D eigenvalue weighted by Crippen LogP contribution is -1.92. The Labute approximate surface area is 163 Å². The van der Waals surface area contributed by atoms with Crippen LogP contribution in [0.2, 0.25) is 0 Å². The van der Waals surface area contributed by atoms with Crippen LogP contribution in [0.1, 0.15) is 135 Å². The Hall–Kier alpha value is -0.970. The van der Waals surface area contributed by atoms with E-state index in [-0.39, 0.29) is 6.42 Å². The summed E-state index contributed by atoms with van der Waals surface area (Å²) in [6.07, 6.45) is 24.8. The second kappa shape index (κ2) is 22.1. The van der Waals surface area contributed by atoms with Crippen LogP contribution in [0.3, 0.4) is 0 Å². The Morgan fingerprint density at radius 2 is 0.923 bits per heavy atom. The van der Waals surface area contributed by atoms with Crippen molar-refractivity contribution in [2.75, 3.05) is 0 Å². The molecule has 0 fully saturated rings. The minimum Gasteiger partial charge on any atom is -0.481 e. The summed E-state index contributed by atoms with van der Waals surface area (Å²) in [5.41, 5.74) is 0. The van der Waals surface area contributed by atoms with E-state index in [1.807, 2.05) is 0 Å². The lowest BCUT2D eigenvalue weighted by atomic mass is 10.0. The van der Waals surface area contributed by atoms with E-state index in [1.165, 1.54) is 96.3 Å². The molecule has 0 aromatic heterocycles. The van der Waals surface area contributed by atoms with E-state index in [9.17, 15) is 4.79 Å². The first-order valence-electron chi connectivity index (χ1n) is 11.4. The van der Waals surface area contributed by atoms with Crippen LogP contribution in [0.5, 0.6) is 0 Å². The smallest absolute Gasteiger partial charge is 0.303 e. The minimum absolute atomic E-state index is 0.278. The Bertz CT molecular complexity index is 351. The maximum absolute atomic E-state index is 10.4. The molecule has 0 aliphatic heterocycles. The zero-order valence-electron chi connectivity index (χ0n) is 17.5. The molecule has 0 aliphatic rings. The number of unbranched alkanes of at least 4 members (excludes halogenated alkanes) is 17. The summed E-state index contributed by atoms with van der Waals surface area (Å²) in [5.74, 6) is 5.69. The predicted octanol–water partition coefficient (Wildman–Crippen LogP) is 7.90. The average Bonchev–Trinajstić information content (AvgIpc) is 2.62. The molecule has 0 bridgehead atoms. The first-order valence-corrected chi connectivity index (χ1v) is 11.4. The van der Waals surface area contributed by atoms with Gasteiger partial charge in [0.15, 0.2) is 0 Å². The van der Waals surface area contributed by atoms with E-state index in [4.69, 9.17) is 5.11 Å². The first-order chi connectivity index (χ1) is 12.8. The number of hydrogen-bond acceptors (Lipinski definition) is 1. The van der Waals surface area contributed by atoms with Crippen LogP contribution < -0.4 is 0 Å². The molecule has 26 heavy (non-hydrogen) atoms. The van der Waals surface area contributed by atoms with Gasteiger partial charge in [0.1, 0.15) is 0 Å². The summed E-state index contributed by atoms with van der Waals surface area (Å²) in [7, 11) is 0. The number of carboxylic acids is 1. The van der Waals surface area contributed by atoms with Crippen molar-refractivity contribution in [1.82, 2.24) is 0 Å². The lowest BCUT2D eigenvalue weighted by molar-refractivity contribution is -0.137. The Morgan fingerprint density at radius 3 is 1.31 bits per heavy atom. The molecule has 0 rings (SSSR count). The quantitative estimate of drug-likeness (QED) is 0.187. The van der Waals surface area contributed by atoms with E-state index >= 15 is 0 Å². The summed E-state index contributed by atoms with van der Waals surface area (Å²) in [6, 6.07) is 0. The van der Waals surface area contributed by atoms with Gasteiger partial charge >= 0.3 is 5.97 Å². The van der Waals surface area contributed by atoms with E-state index in [1.54, 1.807) is 0 Å². The molecule has 0 unspecified atom stereocenters. The number of aliphatic carboxylic acids is 1. The van der Waals surface area contributed by atoms with Crippen molar-refractivity contribution in [3.8, 4) is 11.8 Å². The van der Waals surface area contributed by atoms with Crippen LogP contribution in [0.25, 0.3) is 0 Å². The van der Waals surface area contributed by atoms with Gasteiger partial charge in [-0.3, -0.25) is 4.79 Å². The van der Waals surface area contributed by atoms with Crippen LogP contribution in [0.15, 0.2) is 0 Å². The molecule has 0 saturated heterocycles. The fourth-order valence-electron chi connectivity index (χ4n) is 3.25. The minimum atomic E-state index is -0.698. The third-order valence-electron chi connectivity index (χ3n) is 4.97. The van der Waals surface area contributed by atoms with E-state index < -0.39 is 5.97 Å². The first kappa shape index (κ1) is 25.0. The van der Waals surface area contributed by atoms with Crippen LogP contribution in [-0.4, -0.2) is 11.1 Å². The molecular formula is C24H44O2. The third kappa shape index (κ3) is 23.0. The second-order valence-corrected chi connectivity index (χ2v) is 7.65. The Kier molecular flexibility index (Phi) is 21.2. The highest BCUT2D eigenvalue weighted by Gasteiger charge is 1.95. The van der Waals surface area contributed by atoms with Gasteiger partial charge in [-0.25, -0.2) is 0 Å². The normalized spacial score (nSPS) is 10.5. The molecule has 152 valence electrons. The van der Waals surface area contributed by atoms with Gasteiger partial charge in [0.25, 0.3) is 0 Å². The molecule has 1 N–H and O–H groups in total. The van der Waals surface area contributed by atoms with Gasteiger partial charge in [0.2, 0.25) is 0 Å². The maximum Gasteiger partial charge on any atom is 0.303 e. The van der Waals surface area contributed by atoms with Crippen molar-refractivity contribution >= 4 is 5.97 Å². The fourth-order valence-corrected chi connectivity index (χ4v) is 3.25. The molecule has 0 spiro atoms. The molecule has 0 aromatic rings. The van der Waals surface area contributed by atoms with Crippen LogP contribution in [0, 0.1) is 11.8 Å². The van der Waals surface area contributed by atoms with E-state index in [0.717, 1.165) is 25.7 Å². The largest absolute Gasteiger partial charge is 0.481 e. The molecule has 0 aliphatic carbocycles. The standard InChI is InChI=1S/C24H44O2/c1-2-3-4-5-6-7-8-9-10-11-12-13-14-15-16-17-18-19-20-21-22-23-24(25)26/h2-17,20-23H2,1H3,(H,25,26).